The number of carbonyl (C=O) groups excluding carboxylic acids is 1. The van der Waals surface area contributed by atoms with E-state index in [0.29, 0.717) is 31.9 Å². The number of likely N-dealkylation sites (N-methyl/N-ethyl adjacent to an activating group) is 1. The number of nitrogens with two attached hydrogens (primary N) is 1. The van der Waals surface area contributed by atoms with E-state index in [-0.39, 0.29) is 12.5 Å². The molecule has 19 heavy (non-hydrogen) atoms. The fourth-order valence-electron chi connectivity index (χ4n) is 1.73. The summed E-state index contributed by atoms with van der Waals surface area (Å²) in [4.78, 5) is 13.6. The minimum atomic E-state index is 0.00493. The van der Waals surface area contributed by atoms with Gasteiger partial charge in [-0.15, -0.1) is 0 Å². The zero-order valence-corrected chi connectivity index (χ0v) is 11.7. The van der Waals surface area contributed by atoms with Crippen LogP contribution >= 0.6 is 0 Å². The minimum Gasteiger partial charge on any atom is -0.484 e. The Hall–Kier alpha value is -1.75. The van der Waals surface area contributed by atoms with Crippen LogP contribution in [0, 0.1) is 0 Å². The molecule has 0 saturated carbocycles. The van der Waals surface area contributed by atoms with Crippen molar-refractivity contribution in [2.45, 2.75) is 13.8 Å². The highest BCUT2D eigenvalue weighted by Crippen LogP contribution is 2.17. The summed E-state index contributed by atoms with van der Waals surface area (Å²) in [6, 6.07) is 7.53. The average Bonchev–Trinajstić information content (AvgIpc) is 2.44. The molecule has 0 bridgehead atoms. The van der Waals surface area contributed by atoms with Crippen LogP contribution in [0.25, 0.3) is 0 Å². The highest BCUT2D eigenvalue weighted by atomic mass is 16.5. The third-order valence-electron chi connectivity index (χ3n) is 2.79. The molecule has 0 unspecified atom stereocenters. The SMILES string of the molecule is CCN(CC)C(=O)COc1cccc(NCCN)c1. The number of amides is 1. The fourth-order valence-corrected chi connectivity index (χ4v) is 1.73. The molecule has 1 aromatic carbocycles. The zero-order chi connectivity index (χ0) is 14.1. The van der Waals surface area contributed by atoms with Gasteiger partial charge >= 0.3 is 0 Å². The van der Waals surface area contributed by atoms with E-state index < -0.39 is 0 Å². The van der Waals surface area contributed by atoms with Crippen molar-refractivity contribution in [2.75, 3.05) is 38.1 Å². The molecular weight excluding hydrogens is 242 g/mol. The van der Waals surface area contributed by atoms with Gasteiger partial charge in [0.1, 0.15) is 5.75 Å². The Morgan fingerprint density at radius 1 is 1.37 bits per heavy atom. The summed E-state index contributed by atoms with van der Waals surface area (Å²) in [5.74, 6) is 0.688. The second kappa shape index (κ2) is 8.37. The molecule has 1 amide bonds. The number of nitrogens with one attached hydrogen (secondary N) is 1. The van der Waals surface area contributed by atoms with Crippen molar-refractivity contribution < 1.29 is 9.53 Å². The standard InChI is InChI=1S/C14H23N3O2/c1-3-17(4-2)14(18)11-19-13-7-5-6-12(10-13)16-9-8-15/h5-7,10,16H,3-4,8-9,11,15H2,1-2H3. The smallest absolute Gasteiger partial charge is 0.260 e. The third kappa shape index (κ3) is 5.18. The summed E-state index contributed by atoms with van der Waals surface area (Å²) < 4.78 is 5.51. The van der Waals surface area contributed by atoms with Crippen LogP contribution in [0.2, 0.25) is 0 Å². The lowest BCUT2D eigenvalue weighted by Gasteiger charge is -2.18. The van der Waals surface area contributed by atoms with Gasteiger partial charge in [-0.1, -0.05) is 6.07 Å². The molecular formula is C14H23N3O2. The van der Waals surface area contributed by atoms with Crippen LogP contribution in [0.1, 0.15) is 13.8 Å². The molecule has 0 aliphatic carbocycles. The summed E-state index contributed by atoms with van der Waals surface area (Å²) in [5.41, 5.74) is 6.38. The molecule has 5 heteroatoms. The molecule has 5 nitrogen and oxygen atoms in total. The molecule has 0 aromatic heterocycles. The molecule has 0 radical (unpaired) electrons. The Kier molecular flexibility index (Phi) is 6.74. The maximum absolute atomic E-state index is 11.8. The van der Waals surface area contributed by atoms with Crippen molar-refractivity contribution in [3.8, 4) is 5.75 Å². The maximum Gasteiger partial charge on any atom is 0.260 e. The largest absolute Gasteiger partial charge is 0.484 e. The molecule has 0 atom stereocenters. The summed E-state index contributed by atoms with van der Waals surface area (Å²) in [7, 11) is 0. The number of ether oxygens (including phenoxy) is 1. The van der Waals surface area contributed by atoms with Crippen molar-refractivity contribution in [2.24, 2.45) is 5.73 Å². The lowest BCUT2D eigenvalue weighted by Crippen LogP contribution is -2.34. The number of anilines is 1. The third-order valence-corrected chi connectivity index (χ3v) is 2.79. The molecule has 1 aromatic rings. The number of carbonyl (C=O) groups is 1. The number of hydrogen-bond donors (Lipinski definition) is 2. The van der Waals surface area contributed by atoms with Gasteiger partial charge in [0.05, 0.1) is 0 Å². The number of benzene rings is 1. The van der Waals surface area contributed by atoms with Crippen LogP contribution in [-0.2, 0) is 4.79 Å². The van der Waals surface area contributed by atoms with E-state index in [4.69, 9.17) is 10.5 Å². The number of nitrogens with zero attached hydrogens (tertiary/aromatic N) is 1. The van der Waals surface area contributed by atoms with Gasteiger partial charge in [-0.2, -0.15) is 0 Å². The van der Waals surface area contributed by atoms with E-state index in [1.54, 1.807) is 4.90 Å². The first-order valence-electron chi connectivity index (χ1n) is 6.65. The van der Waals surface area contributed by atoms with Crippen LogP contribution in [0.4, 0.5) is 5.69 Å². The highest BCUT2D eigenvalue weighted by Gasteiger charge is 2.10. The summed E-state index contributed by atoms with van der Waals surface area (Å²) in [6.07, 6.45) is 0. The molecule has 1 rings (SSSR count). The fraction of sp³-hybridized carbons (Fsp3) is 0.500. The Morgan fingerprint density at radius 2 is 2.11 bits per heavy atom. The van der Waals surface area contributed by atoms with Gasteiger partial charge in [-0.25, -0.2) is 0 Å². The summed E-state index contributed by atoms with van der Waals surface area (Å²) >= 11 is 0. The first kappa shape index (κ1) is 15.3. The van der Waals surface area contributed by atoms with Crippen molar-refractivity contribution >= 4 is 11.6 Å². The second-order valence-corrected chi connectivity index (χ2v) is 4.10. The minimum absolute atomic E-state index is 0.00493. The van der Waals surface area contributed by atoms with E-state index in [1.807, 2.05) is 38.1 Å². The molecule has 0 heterocycles. The van der Waals surface area contributed by atoms with Gasteiger partial charge < -0.3 is 20.7 Å². The molecule has 106 valence electrons. The van der Waals surface area contributed by atoms with E-state index in [2.05, 4.69) is 5.32 Å². The topological polar surface area (TPSA) is 67.6 Å². The average molecular weight is 265 g/mol. The van der Waals surface area contributed by atoms with Gasteiger partial charge in [-0.05, 0) is 26.0 Å². The monoisotopic (exact) mass is 265 g/mol. The maximum atomic E-state index is 11.8. The second-order valence-electron chi connectivity index (χ2n) is 4.10. The predicted octanol–water partition coefficient (Wildman–Crippen LogP) is 1.30. The van der Waals surface area contributed by atoms with Gasteiger partial charge in [-0.3, -0.25) is 4.79 Å². The van der Waals surface area contributed by atoms with Crippen LogP contribution in [0.5, 0.6) is 5.75 Å². The van der Waals surface area contributed by atoms with Crippen molar-refractivity contribution in [1.82, 2.24) is 4.90 Å². The van der Waals surface area contributed by atoms with Gasteiger partial charge in [0.15, 0.2) is 6.61 Å². The lowest BCUT2D eigenvalue weighted by molar-refractivity contribution is -0.132. The zero-order valence-electron chi connectivity index (χ0n) is 11.7. The van der Waals surface area contributed by atoms with Crippen molar-refractivity contribution in [3.63, 3.8) is 0 Å². The number of hydrogen-bond acceptors (Lipinski definition) is 4. The first-order chi connectivity index (χ1) is 9.21. The van der Waals surface area contributed by atoms with Gasteiger partial charge in [0.25, 0.3) is 5.91 Å². The molecule has 0 fully saturated rings. The van der Waals surface area contributed by atoms with Gasteiger partial charge in [0, 0.05) is 37.9 Å². The van der Waals surface area contributed by atoms with Crippen LogP contribution < -0.4 is 15.8 Å². The quantitative estimate of drug-likeness (QED) is 0.743. The Morgan fingerprint density at radius 3 is 2.74 bits per heavy atom. The Bertz CT molecular complexity index is 392. The van der Waals surface area contributed by atoms with Gasteiger partial charge in [0.2, 0.25) is 0 Å². The summed E-state index contributed by atoms with van der Waals surface area (Å²) in [5, 5.41) is 3.17. The number of rotatable bonds is 8. The molecule has 0 saturated heterocycles. The molecule has 3 N–H and O–H groups in total. The lowest BCUT2D eigenvalue weighted by atomic mass is 10.3. The van der Waals surface area contributed by atoms with Crippen LogP contribution in [-0.4, -0.2) is 43.6 Å². The normalized spacial score (nSPS) is 10.1. The highest BCUT2D eigenvalue weighted by molar-refractivity contribution is 5.77. The molecule has 0 aliphatic rings. The van der Waals surface area contributed by atoms with E-state index in [1.165, 1.54) is 0 Å². The van der Waals surface area contributed by atoms with Crippen molar-refractivity contribution in [3.05, 3.63) is 24.3 Å². The summed E-state index contributed by atoms with van der Waals surface area (Å²) in [6.45, 7) is 6.68. The van der Waals surface area contributed by atoms with Crippen molar-refractivity contribution in [1.29, 1.82) is 0 Å². The van der Waals surface area contributed by atoms with Crippen LogP contribution in [0.15, 0.2) is 24.3 Å². The van der Waals surface area contributed by atoms with Crippen LogP contribution in [0.3, 0.4) is 0 Å². The first-order valence-corrected chi connectivity index (χ1v) is 6.65. The molecule has 0 spiro atoms. The van der Waals surface area contributed by atoms with E-state index >= 15 is 0 Å². The molecule has 0 aliphatic heterocycles. The Labute approximate surface area is 114 Å². The Balaban J connectivity index is 2.50. The van der Waals surface area contributed by atoms with E-state index in [0.717, 1.165) is 5.69 Å². The predicted molar refractivity (Wildman–Crippen MR) is 77.4 cm³/mol. The van der Waals surface area contributed by atoms with E-state index in [9.17, 15) is 4.79 Å².